The summed E-state index contributed by atoms with van der Waals surface area (Å²) in [5.74, 6) is 1.26. The van der Waals surface area contributed by atoms with Crippen molar-refractivity contribution in [3.63, 3.8) is 0 Å². The second-order valence-corrected chi connectivity index (χ2v) is 5.63. The van der Waals surface area contributed by atoms with E-state index >= 15 is 0 Å². The highest BCUT2D eigenvalue weighted by Gasteiger charge is 2.13. The van der Waals surface area contributed by atoms with Crippen molar-refractivity contribution < 1.29 is 14.3 Å². The zero-order chi connectivity index (χ0) is 17.0. The molecule has 0 aliphatic rings. The van der Waals surface area contributed by atoms with E-state index in [0.717, 1.165) is 27.9 Å². The van der Waals surface area contributed by atoms with E-state index in [1.54, 1.807) is 14.2 Å². The average Bonchev–Trinajstić information content (AvgIpc) is 2.52. The van der Waals surface area contributed by atoms with Crippen LogP contribution in [0.5, 0.6) is 11.5 Å². The van der Waals surface area contributed by atoms with Gasteiger partial charge in [-0.25, -0.2) is 0 Å². The number of amides is 1. The molecular weight excluding hydrogens is 290 g/mol. The standard InChI is InChI=1S/C19H23NO3/c1-12-7-6-8-13(2)19(12)20-18(21)11-15-10-17(23-5)16(22-4)9-14(15)3/h6-10H,11H2,1-5H3,(H,20,21). The van der Waals surface area contributed by atoms with E-state index in [4.69, 9.17) is 9.47 Å². The minimum atomic E-state index is -0.0438. The lowest BCUT2D eigenvalue weighted by Gasteiger charge is -2.14. The number of methoxy groups -OCH3 is 2. The van der Waals surface area contributed by atoms with Gasteiger partial charge in [0.1, 0.15) is 0 Å². The number of ether oxygens (including phenoxy) is 2. The molecule has 0 aromatic heterocycles. The number of rotatable bonds is 5. The van der Waals surface area contributed by atoms with Crippen LogP contribution in [0.2, 0.25) is 0 Å². The Morgan fingerprint density at radius 1 is 0.957 bits per heavy atom. The molecule has 0 atom stereocenters. The number of benzene rings is 2. The summed E-state index contributed by atoms with van der Waals surface area (Å²) in [6.45, 7) is 5.94. The predicted octanol–water partition coefficient (Wildman–Crippen LogP) is 3.81. The number of para-hydroxylation sites is 1. The van der Waals surface area contributed by atoms with Gasteiger partial charge in [-0.1, -0.05) is 18.2 Å². The number of nitrogens with one attached hydrogen (secondary N) is 1. The van der Waals surface area contributed by atoms with E-state index in [-0.39, 0.29) is 5.91 Å². The van der Waals surface area contributed by atoms with Crippen molar-refractivity contribution in [3.05, 3.63) is 52.6 Å². The fourth-order valence-electron chi connectivity index (χ4n) is 2.58. The highest BCUT2D eigenvalue weighted by atomic mass is 16.5. The van der Waals surface area contributed by atoms with Crippen LogP contribution >= 0.6 is 0 Å². The van der Waals surface area contributed by atoms with Crippen molar-refractivity contribution in [2.24, 2.45) is 0 Å². The van der Waals surface area contributed by atoms with Crippen LogP contribution < -0.4 is 14.8 Å². The van der Waals surface area contributed by atoms with E-state index in [1.165, 1.54) is 0 Å². The van der Waals surface area contributed by atoms with Crippen molar-refractivity contribution in [1.29, 1.82) is 0 Å². The lowest BCUT2D eigenvalue weighted by atomic mass is 10.0. The number of carbonyl (C=O) groups excluding carboxylic acids is 1. The van der Waals surface area contributed by atoms with Crippen molar-refractivity contribution >= 4 is 11.6 Å². The first kappa shape index (κ1) is 16.9. The highest BCUT2D eigenvalue weighted by molar-refractivity contribution is 5.94. The summed E-state index contributed by atoms with van der Waals surface area (Å²) in [6, 6.07) is 9.71. The molecule has 23 heavy (non-hydrogen) atoms. The molecule has 2 aromatic rings. The molecule has 0 bridgehead atoms. The minimum absolute atomic E-state index is 0.0438. The zero-order valence-electron chi connectivity index (χ0n) is 14.3. The summed E-state index contributed by atoms with van der Waals surface area (Å²) in [5, 5.41) is 3.01. The van der Waals surface area contributed by atoms with Crippen LogP contribution in [0.1, 0.15) is 22.3 Å². The molecule has 0 aliphatic carbocycles. The monoisotopic (exact) mass is 313 g/mol. The van der Waals surface area contributed by atoms with Gasteiger partial charge in [-0.2, -0.15) is 0 Å². The Kier molecular flexibility index (Phi) is 5.27. The van der Waals surface area contributed by atoms with Crippen LogP contribution in [-0.4, -0.2) is 20.1 Å². The fraction of sp³-hybridized carbons (Fsp3) is 0.316. The summed E-state index contributed by atoms with van der Waals surface area (Å²) in [6.07, 6.45) is 0.292. The molecule has 4 nitrogen and oxygen atoms in total. The van der Waals surface area contributed by atoms with Crippen LogP contribution in [0, 0.1) is 20.8 Å². The average molecular weight is 313 g/mol. The number of aryl methyl sites for hydroxylation is 3. The topological polar surface area (TPSA) is 47.6 Å². The van der Waals surface area contributed by atoms with Crippen LogP contribution in [0.4, 0.5) is 5.69 Å². The Hall–Kier alpha value is -2.49. The number of carbonyl (C=O) groups is 1. The quantitative estimate of drug-likeness (QED) is 0.913. The van der Waals surface area contributed by atoms with Crippen molar-refractivity contribution in [2.75, 3.05) is 19.5 Å². The van der Waals surface area contributed by atoms with Crippen molar-refractivity contribution in [1.82, 2.24) is 0 Å². The molecule has 0 saturated heterocycles. The van der Waals surface area contributed by atoms with E-state index in [1.807, 2.05) is 51.1 Å². The van der Waals surface area contributed by atoms with Gasteiger partial charge in [0.2, 0.25) is 5.91 Å². The van der Waals surface area contributed by atoms with E-state index in [2.05, 4.69) is 5.32 Å². The SMILES string of the molecule is COc1cc(C)c(CC(=O)Nc2c(C)cccc2C)cc1OC. The van der Waals surface area contributed by atoms with Gasteiger partial charge in [-0.05, 0) is 55.2 Å². The maximum atomic E-state index is 12.4. The summed E-state index contributed by atoms with van der Waals surface area (Å²) < 4.78 is 10.6. The summed E-state index contributed by atoms with van der Waals surface area (Å²) in [4.78, 5) is 12.4. The molecule has 1 N–H and O–H groups in total. The molecule has 122 valence electrons. The largest absolute Gasteiger partial charge is 0.493 e. The Morgan fingerprint density at radius 2 is 1.52 bits per heavy atom. The predicted molar refractivity (Wildman–Crippen MR) is 92.5 cm³/mol. The summed E-state index contributed by atoms with van der Waals surface area (Å²) in [5.41, 5.74) is 4.92. The van der Waals surface area contributed by atoms with E-state index < -0.39 is 0 Å². The Balaban J connectivity index is 2.20. The van der Waals surface area contributed by atoms with Crippen LogP contribution in [-0.2, 0) is 11.2 Å². The lowest BCUT2D eigenvalue weighted by molar-refractivity contribution is -0.115. The van der Waals surface area contributed by atoms with E-state index in [0.29, 0.717) is 17.9 Å². The Morgan fingerprint density at radius 3 is 2.09 bits per heavy atom. The number of anilines is 1. The molecule has 4 heteroatoms. The van der Waals surface area contributed by atoms with Crippen LogP contribution in [0.15, 0.2) is 30.3 Å². The molecular formula is C19H23NO3. The first-order chi connectivity index (χ1) is 11.0. The fourth-order valence-corrected chi connectivity index (χ4v) is 2.58. The van der Waals surface area contributed by atoms with Gasteiger partial charge in [0, 0.05) is 5.69 Å². The molecule has 0 aliphatic heterocycles. The molecule has 1 amide bonds. The maximum Gasteiger partial charge on any atom is 0.228 e. The third-order valence-electron chi connectivity index (χ3n) is 3.94. The minimum Gasteiger partial charge on any atom is -0.493 e. The van der Waals surface area contributed by atoms with Gasteiger partial charge in [0.25, 0.3) is 0 Å². The lowest BCUT2D eigenvalue weighted by Crippen LogP contribution is -2.16. The van der Waals surface area contributed by atoms with Gasteiger partial charge < -0.3 is 14.8 Å². The van der Waals surface area contributed by atoms with Gasteiger partial charge >= 0.3 is 0 Å². The van der Waals surface area contributed by atoms with Crippen molar-refractivity contribution in [2.45, 2.75) is 27.2 Å². The molecule has 0 radical (unpaired) electrons. The van der Waals surface area contributed by atoms with E-state index in [9.17, 15) is 4.79 Å². The van der Waals surface area contributed by atoms with Gasteiger partial charge in [-0.15, -0.1) is 0 Å². The smallest absolute Gasteiger partial charge is 0.228 e. The summed E-state index contributed by atoms with van der Waals surface area (Å²) in [7, 11) is 3.19. The number of hydrogen-bond donors (Lipinski definition) is 1. The molecule has 0 spiro atoms. The maximum absolute atomic E-state index is 12.4. The molecule has 0 saturated carbocycles. The third kappa shape index (κ3) is 3.83. The molecule has 0 fully saturated rings. The molecule has 2 aromatic carbocycles. The molecule has 0 unspecified atom stereocenters. The van der Waals surface area contributed by atoms with Crippen LogP contribution in [0.3, 0.4) is 0 Å². The van der Waals surface area contributed by atoms with Crippen molar-refractivity contribution in [3.8, 4) is 11.5 Å². The van der Waals surface area contributed by atoms with Gasteiger partial charge in [0.15, 0.2) is 11.5 Å². The molecule has 2 rings (SSSR count). The Labute approximate surface area is 137 Å². The summed E-state index contributed by atoms with van der Waals surface area (Å²) >= 11 is 0. The van der Waals surface area contributed by atoms with Crippen LogP contribution in [0.25, 0.3) is 0 Å². The normalized spacial score (nSPS) is 10.3. The first-order valence-electron chi connectivity index (χ1n) is 7.53. The molecule has 0 heterocycles. The highest BCUT2D eigenvalue weighted by Crippen LogP contribution is 2.30. The van der Waals surface area contributed by atoms with Gasteiger partial charge in [0.05, 0.1) is 20.6 Å². The second-order valence-electron chi connectivity index (χ2n) is 5.63. The zero-order valence-corrected chi connectivity index (χ0v) is 14.3. The number of hydrogen-bond acceptors (Lipinski definition) is 3. The Bertz CT molecular complexity index is 703. The van der Waals surface area contributed by atoms with Gasteiger partial charge in [-0.3, -0.25) is 4.79 Å². The first-order valence-corrected chi connectivity index (χ1v) is 7.53. The second kappa shape index (κ2) is 7.18. The third-order valence-corrected chi connectivity index (χ3v) is 3.94.